The summed E-state index contributed by atoms with van der Waals surface area (Å²) in [6, 6.07) is 3.39. The van der Waals surface area contributed by atoms with Gasteiger partial charge in [0.05, 0.1) is 5.56 Å². The van der Waals surface area contributed by atoms with Gasteiger partial charge in [-0.1, -0.05) is 44.6 Å². The van der Waals surface area contributed by atoms with Crippen molar-refractivity contribution in [2.24, 2.45) is 17.8 Å². The zero-order valence-corrected chi connectivity index (χ0v) is 16.5. The van der Waals surface area contributed by atoms with Crippen molar-refractivity contribution in [2.45, 2.75) is 62.4 Å². The van der Waals surface area contributed by atoms with Gasteiger partial charge in [-0.25, -0.2) is 0 Å². The molecule has 0 spiro atoms. The molecule has 2 saturated carbocycles. The summed E-state index contributed by atoms with van der Waals surface area (Å²) in [5.74, 6) is 1.69. The van der Waals surface area contributed by atoms with Gasteiger partial charge in [-0.3, -0.25) is 4.79 Å². The molecule has 0 amide bonds. The molecule has 1 aromatic carbocycles. The maximum atomic E-state index is 12.9. The van der Waals surface area contributed by atoms with Crippen LogP contribution in [0.2, 0.25) is 0 Å². The first kappa shape index (κ1) is 20.5. The van der Waals surface area contributed by atoms with Crippen LogP contribution in [0.4, 0.5) is 13.2 Å². The average molecular weight is 397 g/mol. The van der Waals surface area contributed by atoms with Gasteiger partial charge in [0, 0.05) is 10.5 Å². The van der Waals surface area contributed by atoms with Crippen LogP contribution < -0.4 is 0 Å². The summed E-state index contributed by atoms with van der Waals surface area (Å²) in [6.07, 6.45) is 11.1. The Kier molecular flexibility index (Phi) is 6.72. The van der Waals surface area contributed by atoms with Crippen LogP contribution in [-0.4, -0.2) is 12.0 Å². The second-order valence-electron chi connectivity index (χ2n) is 7.79. The van der Waals surface area contributed by atoms with Crippen molar-refractivity contribution in [2.75, 3.05) is 6.26 Å². The molecule has 5 heteroatoms. The van der Waals surface area contributed by atoms with Crippen LogP contribution >= 0.6 is 11.8 Å². The Balaban J connectivity index is 1.72. The summed E-state index contributed by atoms with van der Waals surface area (Å²) in [6.45, 7) is 0. The minimum atomic E-state index is -4.39. The molecule has 3 rings (SSSR count). The Morgan fingerprint density at radius 2 is 1.81 bits per heavy atom. The summed E-state index contributed by atoms with van der Waals surface area (Å²) in [5, 5.41) is 0. The topological polar surface area (TPSA) is 17.1 Å². The molecule has 0 N–H and O–H groups in total. The van der Waals surface area contributed by atoms with Gasteiger partial charge in [0.1, 0.15) is 0 Å². The molecule has 1 aromatic rings. The van der Waals surface area contributed by atoms with Crippen LogP contribution in [0, 0.1) is 17.8 Å². The van der Waals surface area contributed by atoms with E-state index in [-0.39, 0.29) is 5.78 Å². The number of thioether (sulfide) groups is 1. The van der Waals surface area contributed by atoms with Gasteiger partial charge >= 0.3 is 6.18 Å². The Hall–Kier alpha value is -1.23. The lowest BCUT2D eigenvalue weighted by Gasteiger charge is -2.30. The van der Waals surface area contributed by atoms with Crippen LogP contribution in [0.5, 0.6) is 0 Å². The van der Waals surface area contributed by atoms with E-state index in [1.165, 1.54) is 62.8 Å². The molecule has 2 atom stereocenters. The molecule has 27 heavy (non-hydrogen) atoms. The Morgan fingerprint density at radius 1 is 1.07 bits per heavy atom. The fourth-order valence-electron chi connectivity index (χ4n) is 4.78. The minimum absolute atomic E-state index is 0.192. The first-order valence-electron chi connectivity index (χ1n) is 9.88. The van der Waals surface area contributed by atoms with Crippen molar-refractivity contribution in [1.29, 1.82) is 0 Å². The maximum absolute atomic E-state index is 12.9. The second-order valence-corrected chi connectivity index (χ2v) is 8.64. The van der Waals surface area contributed by atoms with Crippen molar-refractivity contribution in [3.05, 3.63) is 41.5 Å². The van der Waals surface area contributed by atoms with E-state index in [9.17, 15) is 18.0 Å². The monoisotopic (exact) mass is 396 g/mol. The molecule has 1 nitrogen and oxygen atoms in total. The zero-order valence-electron chi connectivity index (χ0n) is 15.7. The lowest BCUT2D eigenvalue weighted by atomic mass is 9.75. The summed E-state index contributed by atoms with van der Waals surface area (Å²) in [4.78, 5) is 13.0. The van der Waals surface area contributed by atoms with E-state index in [0.717, 1.165) is 24.5 Å². The van der Waals surface area contributed by atoms with Gasteiger partial charge in [-0.2, -0.15) is 13.2 Å². The van der Waals surface area contributed by atoms with Gasteiger partial charge in [0.2, 0.25) is 0 Å². The number of rotatable bonds is 5. The first-order chi connectivity index (χ1) is 12.9. The van der Waals surface area contributed by atoms with Crippen molar-refractivity contribution in [3.8, 4) is 0 Å². The molecule has 0 radical (unpaired) electrons. The first-order valence-corrected chi connectivity index (χ1v) is 11.1. The molecular weight excluding hydrogens is 369 g/mol. The third-order valence-corrected chi connectivity index (χ3v) is 6.95. The van der Waals surface area contributed by atoms with Gasteiger partial charge in [0.15, 0.2) is 5.78 Å². The standard InChI is InChI=1S/C22H27F3OS/c1-27-21-14-17(22(23,24)25)11-12-19(21)20(26)13-10-16-8-5-9-18(16)15-6-3-2-4-7-15/h10-16,18H,2-9H2,1H3/b13-10+/t16?,18-/m1/s1. The molecule has 2 aliphatic rings. The van der Waals surface area contributed by atoms with Crippen molar-refractivity contribution in [3.63, 3.8) is 0 Å². The number of hydrogen-bond donors (Lipinski definition) is 0. The van der Waals surface area contributed by atoms with E-state index < -0.39 is 11.7 Å². The molecule has 2 aliphatic carbocycles. The summed E-state index contributed by atoms with van der Waals surface area (Å²) >= 11 is 1.18. The molecule has 0 aliphatic heterocycles. The van der Waals surface area contributed by atoms with Gasteiger partial charge in [-0.15, -0.1) is 11.8 Å². The number of benzene rings is 1. The lowest BCUT2D eigenvalue weighted by Crippen LogP contribution is -2.20. The molecule has 0 heterocycles. The number of ketones is 1. The number of halogens is 3. The number of alkyl halides is 3. The second kappa shape index (κ2) is 8.85. The number of hydrogen-bond acceptors (Lipinski definition) is 2. The van der Waals surface area contributed by atoms with Crippen LogP contribution in [0.25, 0.3) is 0 Å². The number of carbonyl (C=O) groups excluding carboxylic acids is 1. The molecule has 0 aromatic heterocycles. The van der Waals surface area contributed by atoms with Crippen LogP contribution in [0.15, 0.2) is 35.2 Å². The Morgan fingerprint density at radius 3 is 2.48 bits per heavy atom. The smallest absolute Gasteiger partial charge is 0.289 e. The zero-order chi connectivity index (χ0) is 19.4. The van der Waals surface area contributed by atoms with E-state index in [4.69, 9.17) is 0 Å². The highest BCUT2D eigenvalue weighted by atomic mass is 32.2. The predicted octanol–water partition coefficient (Wildman–Crippen LogP) is 7.16. The van der Waals surface area contributed by atoms with E-state index in [1.54, 1.807) is 12.3 Å². The van der Waals surface area contributed by atoms with E-state index in [0.29, 0.717) is 22.3 Å². The largest absolute Gasteiger partial charge is 0.416 e. The summed E-state index contributed by atoms with van der Waals surface area (Å²) in [7, 11) is 0. The summed E-state index contributed by atoms with van der Waals surface area (Å²) in [5.41, 5.74) is -0.348. The maximum Gasteiger partial charge on any atom is 0.416 e. The highest BCUT2D eigenvalue weighted by Gasteiger charge is 2.33. The minimum Gasteiger partial charge on any atom is -0.289 e. The third kappa shape index (κ3) is 4.98. The lowest BCUT2D eigenvalue weighted by molar-refractivity contribution is -0.137. The Labute approximate surface area is 163 Å². The van der Waals surface area contributed by atoms with Gasteiger partial charge < -0.3 is 0 Å². The van der Waals surface area contributed by atoms with E-state index in [2.05, 4.69) is 0 Å². The quantitative estimate of drug-likeness (QED) is 0.298. The summed E-state index contributed by atoms with van der Waals surface area (Å²) < 4.78 is 38.7. The van der Waals surface area contributed by atoms with Crippen molar-refractivity contribution in [1.82, 2.24) is 0 Å². The fourth-order valence-corrected chi connectivity index (χ4v) is 5.41. The van der Waals surface area contributed by atoms with Crippen molar-refractivity contribution < 1.29 is 18.0 Å². The molecule has 0 bridgehead atoms. The molecule has 2 fully saturated rings. The highest BCUT2D eigenvalue weighted by molar-refractivity contribution is 7.98. The normalized spacial score (nSPS) is 24.6. The highest BCUT2D eigenvalue weighted by Crippen LogP contribution is 2.43. The van der Waals surface area contributed by atoms with Crippen molar-refractivity contribution >= 4 is 17.5 Å². The number of carbonyl (C=O) groups is 1. The molecule has 0 saturated heterocycles. The SMILES string of the molecule is CSc1cc(C(F)(F)F)ccc1C(=O)/C=C/C1CCC[C@@H]1C1CCCCC1. The number of allylic oxidation sites excluding steroid dienone is 2. The van der Waals surface area contributed by atoms with Crippen LogP contribution in [0.1, 0.15) is 67.3 Å². The van der Waals surface area contributed by atoms with Crippen LogP contribution in [-0.2, 0) is 6.18 Å². The molecular formula is C22H27F3OS. The molecule has 1 unspecified atom stereocenters. The third-order valence-electron chi connectivity index (χ3n) is 6.17. The van der Waals surface area contributed by atoms with E-state index in [1.807, 2.05) is 6.08 Å². The Bertz CT molecular complexity index is 689. The molecule has 148 valence electrons. The average Bonchev–Trinajstić information content (AvgIpc) is 3.14. The van der Waals surface area contributed by atoms with E-state index >= 15 is 0 Å². The van der Waals surface area contributed by atoms with Crippen LogP contribution in [0.3, 0.4) is 0 Å². The van der Waals surface area contributed by atoms with Gasteiger partial charge in [-0.05, 0) is 61.1 Å². The fraction of sp³-hybridized carbons (Fsp3) is 0.591. The van der Waals surface area contributed by atoms with Gasteiger partial charge in [0.25, 0.3) is 0 Å². The predicted molar refractivity (Wildman–Crippen MR) is 104 cm³/mol.